The Morgan fingerprint density at radius 2 is 2.19 bits per heavy atom. The van der Waals surface area contributed by atoms with Crippen molar-refractivity contribution in [3.8, 4) is 0 Å². The van der Waals surface area contributed by atoms with Crippen LogP contribution in [0.2, 0.25) is 0 Å². The van der Waals surface area contributed by atoms with Crippen LogP contribution in [0.4, 0.5) is 15.8 Å². The topological polar surface area (TPSA) is 67.2 Å². The summed E-state index contributed by atoms with van der Waals surface area (Å²) in [6.45, 7) is 0. The number of non-ortho nitro benzene ring substituents is 1. The van der Waals surface area contributed by atoms with E-state index in [0.29, 0.717) is 17.1 Å². The van der Waals surface area contributed by atoms with Gasteiger partial charge in [0, 0.05) is 18.2 Å². The van der Waals surface area contributed by atoms with Crippen molar-refractivity contribution in [1.29, 1.82) is 0 Å². The molecule has 21 heavy (non-hydrogen) atoms. The highest BCUT2D eigenvalue weighted by molar-refractivity contribution is 7.80. The third-order valence-electron chi connectivity index (χ3n) is 4.46. The van der Waals surface area contributed by atoms with Gasteiger partial charge in [0.2, 0.25) is 0 Å². The Bertz CT molecular complexity index is 596. The monoisotopic (exact) mass is 309 g/mol. The van der Waals surface area contributed by atoms with Gasteiger partial charge in [0.05, 0.1) is 10.6 Å². The highest BCUT2D eigenvalue weighted by Gasteiger charge is 2.39. The van der Waals surface area contributed by atoms with E-state index < -0.39 is 10.7 Å². The van der Waals surface area contributed by atoms with Crippen molar-refractivity contribution in [2.24, 2.45) is 11.8 Å². The molecule has 2 saturated carbocycles. The largest absolute Gasteiger partial charge is 0.359 e. The van der Waals surface area contributed by atoms with Gasteiger partial charge in [-0.3, -0.25) is 10.1 Å². The summed E-state index contributed by atoms with van der Waals surface area (Å²) in [5.74, 6) is 0.868. The molecule has 2 bridgehead atoms. The third kappa shape index (κ3) is 2.97. The minimum atomic E-state index is -0.559. The zero-order valence-electron chi connectivity index (χ0n) is 11.3. The van der Waals surface area contributed by atoms with Crippen molar-refractivity contribution in [1.82, 2.24) is 5.32 Å². The molecule has 0 aromatic heterocycles. The summed E-state index contributed by atoms with van der Waals surface area (Å²) >= 11 is 5.20. The molecule has 1 aromatic carbocycles. The molecule has 2 fully saturated rings. The van der Waals surface area contributed by atoms with Crippen molar-refractivity contribution < 1.29 is 9.31 Å². The zero-order valence-corrected chi connectivity index (χ0v) is 12.2. The molecule has 5 nitrogen and oxygen atoms in total. The zero-order chi connectivity index (χ0) is 15.0. The Hall–Kier alpha value is -1.76. The Labute approximate surface area is 127 Å². The second kappa shape index (κ2) is 5.55. The second-order valence-corrected chi connectivity index (χ2v) is 6.21. The molecule has 1 aromatic rings. The fourth-order valence-electron chi connectivity index (χ4n) is 3.47. The molecule has 3 rings (SSSR count). The number of halogens is 1. The lowest BCUT2D eigenvalue weighted by molar-refractivity contribution is -0.384. The van der Waals surface area contributed by atoms with Gasteiger partial charge in [-0.1, -0.05) is 6.42 Å². The minimum Gasteiger partial charge on any atom is -0.359 e. The standard InChI is InChI=1S/C14H16FN3O2S/c15-11-4-3-10(18(19)20)7-13(11)17-14(21)16-12-6-8-1-2-9(12)5-8/h3-4,7-9,12H,1-2,5-6H2,(H2,16,17,21)/t8-,9-,12-/m1/s1. The van der Waals surface area contributed by atoms with Crippen molar-refractivity contribution in [2.45, 2.75) is 31.7 Å². The van der Waals surface area contributed by atoms with Gasteiger partial charge in [0.1, 0.15) is 5.82 Å². The first kappa shape index (κ1) is 14.2. The van der Waals surface area contributed by atoms with E-state index in [4.69, 9.17) is 12.2 Å². The first-order valence-corrected chi connectivity index (χ1v) is 7.45. The molecule has 0 aliphatic heterocycles. The van der Waals surface area contributed by atoms with E-state index in [0.717, 1.165) is 30.5 Å². The number of benzene rings is 1. The van der Waals surface area contributed by atoms with Gasteiger partial charge in [-0.2, -0.15) is 0 Å². The number of hydrogen-bond donors (Lipinski definition) is 2. The van der Waals surface area contributed by atoms with Gasteiger partial charge in [0.15, 0.2) is 5.11 Å². The van der Waals surface area contributed by atoms with E-state index in [1.807, 2.05) is 0 Å². The van der Waals surface area contributed by atoms with Crippen molar-refractivity contribution in [3.63, 3.8) is 0 Å². The lowest BCUT2D eigenvalue weighted by Gasteiger charge is -2.24. The van der Waals surface area contributed by atoms with Crippen LogP contribution in [-0.4, -0.2) is 16.1 Å². The molecular formula is C14H16FN3O2S. The summed E-state index contributed by atoms with van der Waals surface area (Å²) in [5.41, 5.74) is -0.133. The van der Waals surface area contributed by atoms with E-state index in [2.05, 4.69) is 10.6 Å². The van der Waals surface area contributed by atoms with Gasteiger partial charge in [-0.05, 0) is 49.4 Å². The summed E-state index contributed by atoms with van der Waals surface area (Å²) in [4.78, 5) is 10.2. The van der Waals surface area contributed by atoms with Crippen LogP contribution in [0.1, 0.15) is 25.7 Å². The summed E-state index contributed by atoms with van der Waals surface area (Å²) < 4.78 is 13.7. The number of fused-ring (bicyclic) bond motifs is 2. The first-order chi connectivity index (χ1) is 10.0. The molecule has 7 heteroatoms. The molecular weight excluding hydrogens is 293 g/mol. The molecule has 3 atom stereocenters. The van der Waals surface area contributed by atoms with Gasteiger partial charge in [0.25, 0.3) is 5.69 Å². The maximum atomic E-state index is 13.7. The number of nitro groups is 1. The summed E-state index contributed by atoms with van der Waals surface area (Å²) in [7, 11) is 0. The molecule has 2 aliphatic rings. The molecule has 2 aliphatic carbocycles. The van der Waals surface area contributed by atoms with Gasteiger partial charge < -0.3 is 10.6 Å². The summed E-state index contributed by atoms with van der Waals surface area (Å²) in [6.07, 6.45) is 4.86. The summed E-state index contributed by atoms with van der Waals surface area (Å²) in [5, 5.41) is 17.0. The van der Waals surface area contributed by atoms with Crippen LogP contribution in [0.25, 0.3) is 0 Å². The average Bonchev–Trinajstić information content (AvgIpc) is 3.03. The normalized spacial score (nSPS) is 26.6. The third-order valence-corrected chi connectivity index (χ3v) is 4.68. The number of rotatable bonds is 3. The van der Waals surface area contributed by atoms with Gasteiger partial charge >= 0.3 is 0 Å². The van der Waals surface area contributed by atoms with Crippen molar-refractivity contribution >= 4 is 28.7 Å². The number of nitrogens with one attached hydrogen (secondary N) is 2. The fraction of sp³-hybridized carbons (Fsp3) is 0.500. The number of nitrogens with zero attached hydrogens (tertiary/aromatic N) is 1. The number of anilines is 1. The van der Waals surface area contributed by atoms with E-state index in [1.54, 1.807) is 0 Å². The van der Waals surface area contributed by atoms with Crippen LogP contribution < -0.4 is 10.6 Å². The van der Waals surface area contributed by atoms with Crippen LogP contribution in [-0.2, 0) is 0 Å². The van der Waals surface area contributed by atoms with Crippen LogP contribution >= 0.6 is 12.2 Å². The van der Waals surface area contributed by atoms with E-state index in [9.17, 15) is 14.5 Å². The molecule has 112 valence electrons. The predicted octanol–water partition coefficient (Wildman–Crippen LogP) is 3.21. The lowest BCUT2D eigenvalue weighted by Crippen LogP contribution is -2.40. The number of thiocarbonyl (C=S) groups is 1. The van der Waals surface area contributed by atoms with Gasteiger partial charge in [-0.25, -0.2) is 4.39 Å². The van der Waals surface area contributed by atoms with Crippen LogP contribution in [0.3, 0.4) is 0 Å². The Kier molecular flexibility index (Phi) is 3.75. The SMILES string of the molecule is O=[N+]([O-])c1ccc(F)c(NC(=S)N[C@@H]2C[C@@H]3CC[C@@H]2C3)c1. The molecule has 0 unspecified atom stereocenters. The van der Waals surface area contributed by atoms with Crippen molar-refractivity contribution in [3.05, 3.63) is 34.1 Å². The molecule has 0 saturated heterocycles. The van der Waals surface area contributed by atoms with Crippen LogP contribution in [0.15, 0.2) is 18.2 Å². The van der Waals surface area contributed by atoms with Crippen LogP contribution in [0, 0.1) is 27.8 Å². The van der Waals surface area contributed by atoms with E-state index in [-0.39, 0.29) is 11.4 Å². The highest BCUT2D eigenvalue weighted by Crippen LogP contribution is 2.44. The second-order valence-electron chi connectivity index (χ2n) is 5.80. The maximum absolute atomic E-state index is 13.7. The number of hydrogen-bond acceptors (Lipinski definition) is 3. The molecule has 0 amide bonds. The molecule has 0 radical (unpaired) electrons. The first-order valence-electron chi connectivity index (χ1n) is 7.04. The Morgan fingerprint density at radius 1 is 1.38 bits per heavy atom. The Morgan fingerprint density at radius 3 is 2.81 bits per heavy atom. The quantitative estimate of drug-likeness (QED) is 0.510. The Balaban J connectivity index is 1.64. The smallest absolute Gasteiger partial charge is 0.271 e. The van der Waals surface area contributed by atoms with Gasteiger partial charge in [-0.15, -0.1) is 0 Å². The summed E-state index contributed by atoms with van der Waals surface area (Å²) in [6, 6.07) is 3.70. The lowest BCUT2D eigenvalue weighted by atomic mass is 9.96. The molecule has 0 spiro atoms. The van der Waals surface area contributed by atoms with Crippen LogP contribution in [0.5, 0.6) is 0 Å². The number of nitro benzene ring substituents is 1. The predicted molar refractivity (Wildman–Crippen MR) is 81.6 cm³/mol. The molecule has 2 N–H and O–H groups in total. The van der Waals surface area contributed by atoms with E-state index >= 15 is 0 Å². The fourth-order valence-corrected chi connectivity index (χ4v) is 3.73. The highest BCUT2D eigenvalue weighted by atomic mass is 32.1. The maximum Gasteiger partial charge on any atom is 0.271 e. The average molecular weight is 309 g/mol. The minimum absolute atomic E-state index is 0.0323. The molecule has 0 heterocycles. The van der Waals surface area contributed by atoms with E-state index in [1.165, 1.54) is 19.3 Å². The van der Waals surface area contributed by atoms with Crippen molar-refractivity contribution in [2.75, 3.05) is 5.32 Å².